The minimum absolute atomic E-state index is 0.217. The third-order valence-electron chi connectivity index (χ3n) is 6.30. The molecule has 0 spiro atoms. The Hall–Kier alpha value is -3.63. The molecule has 0 aromatic carbocycles. The lowest BCUT2D eigenvalue weighted by Gasteiger charge is -2.33. The summed E-state index contributed by atoms with van der Waals surface area (Å²) in [7, 11) is 6.07. The van der Waals surface area contributed by atoms with Crippen molar-refractivity contribution in [1.82, 2.24) is 34.7 Å². The molecule has 0 aliphatic carbocycles. The average Bonchev–Trinajstić information content (AvgIpc) is 3.25. The van der Waals surface area contributed by atoms with Gasteiger partial charge in [0.1, 0.15) is 17.0 Å². The number of nitrogens with zero attached hydrogens (tertiary/aromatic N) is 7. The summed E-state index contributed by atoms with van der Waals surface area (Å²) in [6.45, 7) is 4.43. The summed E-state index contributed by atoms with van der Waals surface area (Å²) in [5.74, 6) is 1.03. The quantitative estimate of drug-likeness (QED) is 0.439. The Bertz CT molecular complexity index is 1340. The standard InChI is InChI=1S/C25H30FN9/c1-33(2)15-16-10-17(13-28-12-16)23-22(26)18(19(27)14-30-23)11-21-31-20-4-5-29-25(24(20)32-21)35-8-6-34(3)7-9-35/h4-5,10,12-14H,6-9,11,15,27H2,1-3H3,(H,31,32). The van der Waals surface area contributed by atoms with Gasteiger partial charge in [-0.05, 0) is 38.8 Å². The van der Waals surface area contributed by atoms with Gasteiger partial charge in [-0.1, -0.05) is 0 Å². The molecular weight excluding hydrogens is 445 g/mol. The van der Waals surface area contributed by atoms with E-state index in [9.17, 15) is 0 Å². The van der Waals surface area contributed by atoms with Gasteiger partial charge in [0, 0.05) is 68.9 Å². The summed E-state index contributed by atoms with van der Waals surface area (Å²) in [4.78, 5) is 27.9. The van der Waals surface area contributed by atoms with Crippen molar-refractivity contribution in [2.75, 3.05) is 58.0 Å². The molecule has 0 saturated carbocycles. The normalized spacial score (nSPS) is 14.8. The maximum Gasteiger partial charge on any atom is 0.156 e. The number of likely N-dealkylation sites (N-methyl/N-ethyl adjacent to an activating group) is 1. The van der Waals surface area contributed by atoms with Crippen LogP contribution in [0.4, 0.5) is 15.9 Å². The van der Waals surface area contributed by atoms with Crippen LogP contribution in [0.2, 0.25) is 0 Å². The predicted octanol–water partition coefficient (Wildman–Crippen LogP) is 2.54. The summed E-state index contributed by atoms with van der Waals surface area (Å²) in [6.07, 6.45) is 6.91. The molecule has 0 bridgehead atoms. The third kappa shape index (κ3) is 4.80. The van der Waals surface area contributed by atoms with E-state index >= 15 is 4.39 Å². The molecule has 5 rings (SSSR count). The van der Waals surface area contributed by atoms with Crippen LogP contribution in [-0.4, -0.2) is 82.0 Å². The number of rotatable bonds is 6. The highest BCUT2D eigenvalue weighted by atomic mass is 19.1. The van der Waals surface area contributed by atoms with Gasteiger partial charge in [0.25, 0.3) is 0 Å². The van der Waals surface area contributed by atoms with Crippen molar-refractivity contribution in [1.29, 1.82) is 0 Å². The van der Waals surface area contributed by atoms with E-state index in [0.717, 1.165) is 48.6 Å². The maximum absolute atomic E-state index is 15.7. The molecule has 1 saturated heterocycles. The lowest BCUT2D eigenvalue weighted by Crippen LogP contribution is -2.44. The fourth-order valence-electron chi connectivity index (χ4n) is 4.46. The van der Waals surface area contributed by atoms with Crippen molar-refractivity contribution in [3.8, 4) is 11.3 Å². The second-order valence-corrected chi connectivity index (χ2v) is 9.36. The zero-order chi connectivity index (χ0) is 24.5. The Kier molecular flexibility index (Phi) is 6.31. The van der Waals surface area contributed by atoms with E-state index in [-0.39, 0.29) is 12.1 Å². The summed E-state index contributed by atoms with van der Waals surface area (Å²) < 4.78 is 15.7. The number of nitrogen functional groups attached to an aromatic ring is 1. The molecule has 9 nitrogen and oxygen atoms in total. The number of hydrogen-bond acceptors (Lipinski definition) is 8. The smallest absolute Gasteiger partial charge is 0.156 e. The largest absolute Gasteiger partial charge is 0.397 e. The lowest BCUT2D eigenvalue weighted by molar-refractivity contribution is 0.312. The van der Waals surface area contributed by atoms with Gasteiger partial charge in [0.2, 0.25) is 0 Å². The Morgan fingerprint density at radius 2 is 1.91 bits per heavy atom. The number of hydrogen-bond donors (Lipinski definition) is 2. The Morgan fingerprint density at radius 3 is 2.69 bits per heavy atom. The van der Waals surface area contributed by atoms with Gasteiger partial charge in [0.05, 0.1) is 17.4 Å². The zero-order valence-electron chi connectivity index (χ0n) is 20.3. The predicted molar refractivity (Wildman–Crippen MR) is 136 cm³/mol. The number of imidazole rings is 1. The number of nitrogens with two attached hydrogens (primary N) is 1. The van der Waals surface area contributed by atoms with E-state index in [1.807, 2.05) is 31.1 Å². The van der Waals surface area contributed by atoms with Gasteiger partial charge in [-0.15, -0.1) is 0 Å². The molecule has 1 fully saturated rings. The van der Waals surface area contributed by atoms with Crippen molar-refractivity contribution in [3.05, 3.63) is 59.7 Å². The first-order valence-corrected chi connectivity index (χ1v) is 11.7. The molecule has 182 valence electrons. The van der Waals surface area contributed by atoms with Gasteiger partial charge in [-0.25, -0.2) is 14.4 Å². The third-order valence-corrected chi connectivity index (χ3v) is 6.30. The number of halogens is 1. The maximum atomic E-state index is 15.7. The molecule has 35 heavy (non-hydrogen) atoms. The van der Waals surface area contributed by atoms with E-state index in [1.54, 1.807) is 18.6 Å². The van der Waals surface area contributed by atoms with Crippen LogP contribution in [0.3, 0.4) is 0 Å². The number of aromatic amines is 1. The molecule has 3 N–H and O–H groups in total. The highest BCUT2D eigenvalue weighted by Gasteiger charge is 2.21. The van der Waals surface area contributed by atoms with Gasteiger partial charge in [-0.3, -0.25) is 9.97 Å². The summed E-state index contributed by atoms with van der Waals surface area (Å²) in [5.41, 5.74) is 10.3. The fraction of sp³-hybridized carbons (Fsp3) is 0.360. The molecule has 0 amide bonds. The number of piperazine rings is 1. The molecule has 1 aliphatic heterocycles. The van der Waals surface area contributed by atoms with Crippen LogP contribution < -0.4 is 10.6 Å². The van der Waals surface area contributed by atoms with Crippen LogP contribution >= 0.6 is 0 Å². The molecule has 0 atom stereocenters. The summed E-state index contributed by atoms with van der Waals surface area (Å²) in [5, 5.41) is 0. The van der Waals surface area contributed by atoms with Crippen LogP contribution in [0, 0.1) is 5.82 Å². The SMILES string of the molecule is CN(C)Cc1cncc(-c2ncc(N)c(Cc3nc4c(N5CCN(C)CC5)nccc4[nH]3)c2F)c1. The van der Waals surface area contributed by atoms with Gasteiger partial charge < -0.3 is 25.4 Å². The fourth-order valence-corrected chi connectivity index (χ4v) is 4.46. The monoisotopic (exact) mass is 475 g/mol. The van der Waals surface area contributed by atoms with Crippen molar-refractivity contribution >= 4 is 22.5 Å². The Labute approximate surface area is 203 Å². The number of anilines is 2. The molecule has 4 aromatic rings. The topological polar surface area (TPSA) is 103 Å². The van der Waals surface area contributed by atoms with Crippen LogP contribution in [-0.2, 0) is 13.0 Å². The van der Waals surface area contributed by atoms with Crippen molar-refractivity contribution in [2.24, 2.45) is 0 Å². The van der Waals surface area contributed by atoms with Gasteiger partial charge in [0.15, 0.2) is 11.6 Å². The molecule has 0 unspecified atom stereocenters. The average molecular weight is 476 g/mol. The number of fused-ring (bicyclic) bond motifs is 1. The number of aromatic nitrogens is 5. The highest BCUT2D eigenvalue weighted by Crippen LogP contribution is 2.29. The van der Waals surface area contributed by atoms with E-state index in [1.165, 1.54) is 6.20 Å². The van der Waals surface area contributed by atoms with E-state index < -0.39 is 5.82 Å². The Balaban J connectivity index is 1.47. The zero-order valence-corrected chi connectivity index (χ0v) is 20.3. The lowest BCUT2D eigenvalue weighted by atomic mass is 10.0. The number of pyridine rings is 3. The second-order valence-electron chi connectivity index (χ2n) is 9.36. The molecule has 5 heterocycles. The summed E-state index contributed by atoms with van der Waals surface area (Å²) >= 11 is 0. The first kappa shape index (κ1) is 23.1. The minimum atomic E-state index is -0.452. The van der Waals surface area contributed by atoms with Crippen LogP contribution in [0.5, 0.6) is 0 Å². The first-order valence-electron chi connectivity index (χ1n) is 11.7. The van der Waals surface area contributed by atoms with E-state index in [4.69, 9.17) is 10.7 Å². The highest BCUT2D eigenvalue weighted by molar-refractivity contribution is 5.86. The van der Waals surface area contributed by atoms with Crippen LogP contribution in [0.25, 0.3) is 22.3 Å². The molecule has 4 aromatic heterocycles. The number of H-pyrrole nitrogens is 1. The van der Waals surface area contributed by atoms with Gasteiger partial charge >= 0.3 is 0 Å². The van der Waals surface area contributed by atoms with E-state index in [2.05, 4.69) is 36.8 Å². The van der Waals surface area contributed by atoms with Crippen LogP contribution in [0.1, 0.15) is 17.0 Å². The molecular formula is C25H30FN9. The van der Waals surface area contributed by atoms with Gasteiger partial charge in [-0.2, -0.15) is 0 Å². The molecule has 10 heteroatoms. The van der Waals surface area contributed by atoms with Crippen molar-refractivity contribution < 1.29 is 4.39 Å². The minimum Gasteiger partial charge on any atom is -0.397 e. The van der Waals surface area contributed by atoms with Crippen LogP contribution in [0.15, 0.2) is 36.9 Å². The van der Waals surface area contributed by atoms with Crippen molar-refractivity contribution in [3.63, 3.8) is 0 Å². The second kappa shape index (κ2) is 9.55. The molecule has 1 aliphatic rings. The van der Waals surface area contributed by atoms with E-state index in [0.29, 0.717) is 29.2 Å². The summed E-state index contributed by atoms with van der Waals surface area (Å²) in [6, 6.07) is 3.80. The molecule has 0 radical (unpaired) electrons. The first-order chi connectivity index (χ1) is 16.9. The van der Waals surface area contributed by atoms with Crippen molar-refractivity contribution in [2.45, 2.75) is 13.0 Å². The Morgan fingerprint density at radius 1 is 1.11 bits per heavy atom. The number of nitrogens with one attached hydrogen (secondary N) is 1.